The number of rotatable bonds is 3. The number of phenolic OH excluding ortho intramolecular Hbond substituents is 1. The summed E-state index contributed by atoms with van der Waals surface area (Å²) in [7, 11) is 0. The summed E-state index contributed by atoms with van der Waals surface area (Å²) in [5, 5.41) is 8.98. The molecule has 0 aliphatic heterocycles. The van der Waals surface area contributed by atoms with Gasteiger partial charge in [0.05, 0.1) is 12.0 Å². The van der Waals surface area contributed by atoms with E-state index in [1.807, 2.05) is 0 Å². The topological polar surface area (TPSA) is 72.8 Å². The Hall–Kier alpha value is -2.30. The first-order chi connectivity index (χ1) is 7.63. The fourth-order valence-electron chi connectivity index (χ4n) is 0.882. The summed E-state index contributed by atoms with van der Waals surface area (Å²) in [4.78, 5) is 30.6. The van der Waals surface area contributed by atoms with Crippen molar-refractivity contribution in [2.75, 3.05) is 0 Å². The van der Waals surface area contributed by atoms with E-state index in [1.165, 1.54) is 30.3 Å². The van der Waals surface area contributed by atoms with Gasteiger partial charge < -0.3 is 5.11 Å². The first-order valence-corrected chi connectivity index (χ1v) is 4.45. The van der Waals surface area contributed by atoms with Gasteiger partial charge in [-0.25, -0.2) is 19.4 Å². The zero-order chi connectivity index (χ0) is 12.0. The fraction of sp³-hybridized carbons (Fsp3) is 0.0909. The lowest BCUT2D eigenvalue weighted by atomic mass is 10.2. The van der Waals surface area contributed by atoms with Gasteiger partial charge in [0.15, 0.2) is 0 Å². The maximum Gasteiger partial charge on any atom is 0.386 e. The van der Waals surface area contributed by atoms with E-state index in [0.717, 1.165) is 0 Å². The molecule has 0 aliphatic rings. The monoisotopic (exact) mass is 222 g/mol. The van der Waals surface area contributed by atoms with Gasteiger partial charge in [-0.2, -0.15) is 0 Å². The molecule has 0 bridgehead atoms. The molecule has 0 unspecified atom stereocenters. The second-order valence-corrected chi connectivity index (χ2v) is 2.87. The summed E-state index contributed by atoms with van der Waals surface area (Å²) in [5.74, 6) is -1.49. The molecule has 0 amide bonds. The molecule has 0 aromatic heterocycles. The minimum atomic E-state index is -0.808. The van der Waals surface area contributed by atoms with Crippen LogP contribution >= 0.6 is 0 Å². The van der Waals surface area contributed by atoms with Crippen LogP contribution in [-0.4, -0.2) is 17.0 Å². The molecule has 0 radical (unpaired) electrons. The van der Waals surface area contributed by atoms with Crippen molar-refractivity contribution in [3.63, 3.8) is 0 Å². The third-order valence-corrected chi connectivity index (χ3v) is 1.62. The van der Waals surface area contributed by atoms with E-state index in [1.54, 1.807) is 0 Å². The van der Waals surface area contributed by atoms with Crippen LogP contribution in [0.1, 0.15) is 16.8 Å². The fourth-order valence-corrected chi connectivity index (χ4v) is 0.882. The van der Waals surface area contributed by atoms with Gasteiger partial charge in [-0.15, -0.1) is 6.58 Å². The van der Waals surface area contributed by atoms with Crippen molar-refractivity contribution in [1.82, 2.24) is 0 Å². The normalized spacial score (nSPS) is 9.25. The lowest BCUT2D eigenvalue weighted by molar-refractivity contribution is -0.233. The van der Waals surface area contributed by atoms with Crippen LogP contribution in [0.25, 0.3) is 0 Å². The largest absolute Gasteiger partial charge is 0.508 e. The van der Waals surface area contributed by atoms with Crippen LogP contribution < -0.4 is 0 Å². The van der Waals surface area contributed by atoms with Crippen molar-refractivity contribution in [2.24, 2.45) is 0 Å². The predicted molar refractivity (Wildman–Crippen MR) is 54.4 cm³/mol. The Morgan fingerprint density at radius 2 is 1.88 bits per heavy atom. The number of benzene rings is 1. The number of phenols is 1. The molecule has 1 rings (SSSR count). The van der Waals surface area contributed by atoms with Gasteiger partial charge in [0.1, 0.15) is 5.75 Å². The summed E-state index contributed by atoms with van der Waals surface area (Å²) < 4.78 is 0. The van der Waals surface area contributed by atoms with Gasteiger partial charge in [0.2, 0.25) is 0 Å². The average molecular weight is 222 g/mol. The summed E-state index contributed by atoms with van der Waals surface area (Å²) in [5.41, 5.74) is 0.171. The van der Waals surface area contributed by atoms with E-state index >= 15 is 0 Å². The third kappa shape index (κ3) is 3.45. The molecular formula is C11H10O5. The second kappa shape index (κ2) is 5.55. The summed E-state index contributed by atoms with van der Waals surface area (Å²) in [6, 6.07) is 5.34. The standard InChI is InChI=1S/C11H10O5/c1-2-3-10(13)15-16-11(14)8-4-6-9(12)7-5-8/h2,4-7,12H,1,3H2. The minimum Gasteiger partial charge on any atom is -0.508 e. The highest BCUT2D eigenvalue weighted by Gasteiger charge is 2.10. The van der Waals surface area contributed by atoms with E-state index in [-0.39, 0.29) is 17.7 Å². The molecule has 0 saturated heterocycles. The van der Waals surface area contributed by atoms with Crippen LogP contribution in [0.3, 0.4) is 0 Å². The summed E-state index contributed by atoms with van der Waals surface area (Å²) >= 11 is 0. The van der Waals surface area contributed by atoms with E-state index < -0.39 is 11.9 Å². The molecule has 0 atom stereocenters. The molecule has 1 N–H and O–H groups in total. The van der Waals surface area contributed by atoms with Gasteiger partial charge in [-0.1, -0.05) is 6.08 Å². The van der Waals surface area contributed by atoms with Crippen LogP contribution in [0.2, 0.25) is 0 Å². The number of hydrogen-bond donors (Lipinski definition) is 1. The number of aromatic hydroxyl groups is 1. The van der Waals surface area contributed by atoms with Crippen molar-refractivity contribution in [3.05, 3.63) is 42.5 Å². The summed E-state index contributed by atoms with van der Waals surface area (Å²) in [6.45, 7) is 3.33. The Kier molecular flexibility index (Phi) is 4.08. The van der Waals surface area contributed by atoms with Crippen LogP contribution in [0.5, 0.6) is 5.75 Å². The molecule has 5 nitrogen and oxygen atoms in total. The average Bonchev–Trinajstić information content (AvgIpc) is 2.27. The molecule has 0 saturated carbocycles. The molecule has 84 valence electrons. The number of carbonyl (C=O) groups is 2. The quantitative estimate of drug-likeness (QED) is 0.477. The molecular weight excluding hydrogens is 212 g/mol. The Bertz CT molecular complexity index is 393. The van der Waals surface area contributed by atoms with E-state index in [4.69, 9.17) is 5.11 Å². The van der Waals surface area contributed by atoms with Crippen LogP contribution in [0.4, 0.5) is 0 Å². The van der Waals surface area contributed by atoms with Crippen molar-refractivity contribution in [3.8, 4) is 5.75 Å². The van der Waals surface area contributed by atoms with Gasteiger partial charge in [0.25, 0.3) is 0 Å². The molecule has 0 fully saturated rings. The third-order valence-electron chi connectivity index (χ3n) is 1.62. The van der Waals surface area contributed by atoms with Gasteiger partial charge >= 0.3 is 11.9 Å². The van der Waals surface area contributed by atoms with Crippen LogP contribution in [0, 0.1) is 0 Å². The van der Waals surface area contributed by atoms with E-state index in [0.29, 0.717) is 0 Å². The molecule has 0 aliphatic carbocycles. The highest BCUT2D eigenvalue weighted by molar-refractivity contribution is 5.89. The maximum absolute atomic E-state index is 11.3. The van der Waals surface area contributed by atoms with E-state index in [9.17, 15) is 9.59 Å². The van der Waals surface area contributed by atoms with Crippen LogP contribution in [0.15, 0.2) is 36.9 Å². The zero-order valence-corrected chi connectivity index (χ0v) is 8.38. The number of hydrogen-bond acceptors (Lipinski definition) is 5. The Balaban J connectivity index is 2.49. The lowest BCUT2D eigenvalue weighted by Gasteiger charge is -2.01. The first kappa shape index (κ1) is 11.8. The number of carbonyl (C=O) groups excluding carboxylic acids is 2. The van der Waals surface area contributed by atoms with Crippen molar-refractivity contribution < 1.29 is 24.5 Å². The molecule has 5 heteroatoms. The smallest absolute Gasteiger partial charge is 0.386 e. The minimum absolute atomic E-state index is 0.0280. The van der Waals surface area contributed by atoms with Crippen LogP contribution in [-0.2, 0) is 14.6 Å². The van der Waals surface area contributed by atoms with Gasteiger partial charge in [-0.05, 0) is 24.3 Å². The van der Waals surface area contributed by atoms with Crippen molar-refractivity contribution in [2.45, 2.75) is 6.42 Å². The van der Waals surface area contributed by atoms with Gasteiger partial charge in [0, 0.05) is 0 Å². The molecule has 16 heavy (non-hydrogen) atoms. The Morgan fingerprint density at radius 1 is 1.25 bits per heavy atom. The van der Waals surface area contributed by atoms with Crippen molar-refractivity contribution >= 4 is 11.9 Å². The predicted octanol–water partition coefficient (Wildman–Crippen LogP) is 1.58. The maximum atomic E-state index is 11.3. The van der Waals surface area contributed by atoms with E-state index in [2.05, 4.69) is 16.4 Å². The molecule has 1 aromatic rings. The zero-order valence-electron chi connectivity index (χ0n) is 8.38. The lowest BCUT2D eigenvalue weighted by Crippen LogP contribution is -2.10. The van der Waals surface area contributed by atoms with Gasteiger partial charge in [-0.3, -0.25) is 0 Å². The second-order valence-electron chi connectivity index (χ2n) is 2.87. The van der Waals surface area contributed by atoms with Crippen molar-refractivity contribution in [1.29, 1.82) is 0 Å². The molecule has 0 heterocycles. The molecule has 1 aromatic carbocycles. The highest BCUT2D eigenvalue weighted by Crippen LogP contribution is 2.10. The Morgan fingerprint density at radius 3 is 2.44 bits per heavy atom. The Labute approximate surface area is 91.8 Å². The molecule has 0 spiro atoms. The first-order valence-electron chi connectivity index (χ1n) is 4.45. The highest BCUT2D eigenvalue weighted by atomic mass is 17.2. The SMILES string of the molecule is C=CCC(=O)OOC(=O)c1ccc(O)cc1. The summed E-state index contributed by atoms with van der Waals surface area (Å²) in [6.07, 6.45) is 1.29.